The van der Waals surface area contributed by atoms with Gasteiger partial charge in [-0.25, -0.2) is 0 Å². The van der Waals surface area contributed by atoms with Gasteiger partial charge in [0.1, 0.15) is 11.8 Å². The van der Waals surface area contributed by atoms with Crippen LogP contribution in [0.5, 0.6) is 5.75 Å². The molecule has 0 aliphatic heterocycles. The van der Waals surface area contributed by atoms with Crippen LogP contribution in [0, 0.1) is 17.2 Å². The lowest BCUT2D eigenvalue weighted by atomic mass is 10.1. The number of hydrogen-bond donors (Lipinski definition) is 1. The van der Waals surface area contributed by atoms with E-state index in [1.54, 1.807) is 0 Å². The SMILES string of the molecule is CC1CCC(NC(C)c2ccc(OCC#N)cc2)C1. The third-order valence-electron chi connectivity index (χ3n) is 3.86. The molecular formula is C16H22N2O. The van der Waals surface area contributed by atoms with Crippen molar-refractivity contribution < 1.29 is 4.74 Å². The number of nitrogens with one attached hydrogen (secondary N) is 1. The molecule has 102 valence electrons. The van der Waals surface area contributed by atoms with Gasteiger partial charge < -0.3 is 10.1 Å². The van der Waals surface area contributed by atoms with Gasteiger partial charge in [0.25, 0.3) is 0 Å². The average molecular weight is 258 g/mol. The molecular weight excluding hydrogens is 236 g/mol. The van der Waals surface area contributed by atoms with Crippen molar-refractivity contribution in [1.29, 1.82) is 5.26 Å². The highest BCUT2D eigenvalue weighted by Gasteiger charge is 2.22. The number of nitriles is 1. The van der Waals surface area contributed by atoms with Crippen molar-refractivity contribution in [2.75, 3.05) is 6.61 Å². The van der Waals surface area contributed by atoms with Crippen molar-refractivity contribution in [3.8, 4) is 11.8 Å². The first kappa shape index (κ1) is 13.9. The first-order valence-corrected chi connectivity index (χ1v) is 7.05. The first-order chi connectivity index (χ1) is 9.19. The summed E-state index contributed by atoms with van der Waals surface area (Å²) in [7, 11) is 0. The van der Waals surface area contributed by atoms with Crippen molar-refractivity contribution in [3.63, 3.8) is 0 Å². The second-order valence-electron chi connectivity index (χ2n) is 5.52. The number of rotatable bonds is 5. The Balaban J connectivity index is 1.88. The summed E-state index contributed by atoms with van der Waals surface area (Å²) < 4.78 is 5.26. The fraction of sp³-hybridized carbons (Fsp3) is 0.562. The predicted octanol–water partition coefficient (Wildman–Crippen LogP) is 3.43. The molecule has 19 heavy (non-hydrogen) atoms. The predicted molar refractivity (Wildman–Crippen MR) is 75.9 cm³/mol. The van der Waals surface area contributed by atoms with Gasteiger partial charge in [-0.15, -0.1) is 0 Å². The van der Waals surface area contributed by atoms with Crippen molar-refractivity contribution in [3.05, 3.63) is 29.8 Å². The Morgan fingerprint density at radius 3 is 2.68 bits per heavy atom. The molecule has 0 radical (unpaired) electrons. The van der Waals surface area contributed by atoms with Gasteiger partial charge in [0.2, 0.25) is 0 Å². The van der Waals surface area contributed by atoms with Crippen LogP contribution in [0.4, 0.5) is 0 Å². The molecule has 2 rings (SSSR count). The highest BCUT2D eigenvalue weighted by molar-refractivity contribution is 5.29. The molecule has 1 fully saturated rings. The second kappa shape index (κ2) is 6.58. The lowest BCUT2D eigenvalue weighted by Crippen LogP contribution is -2.29. The summed E-state index contributed by atoms with van der Waals surface area (Å²) in [5, 5.41) is 12.2. The topological polar surface area (TPSA) is 45.0 Å². The molecule has 1 aromatic carbocycles. The molecule has 3 heteroatoms. The molecule has 0 spiro atoms. The van der Waals surface area contributed by atoms with E-state index in [-0.39, 0.29) is 6.61 Å². The quantitative estimate of drug-likeness (QED) is 0.880. The smallest absolute Gasteiger partial charge is 0.174 e. The summed E-state index contributed by atoms with van der Waals surface area (Å²) in [5.41, 5.74) is 1.27. The van der Waals surface area contributed by atoms with Gasteiger partial charge in [-0.1, -0.05) is 19.1 Å². The second-order valence-corrected chi connectivity index (χ2v) is 5.52. The van der Waals surface area contributed by atoms with E-state index in [1.165, 1.54) is 24.8 Å². The normalized spacial score (nSPS) is 23.8. The van der Waals surface area contributed by atoms with E-state index < -0.39 is 0 Å². The van der Waals surface area contributed by atoms with Crippen LogP contribution in [-0.4, -0.2) is 12.6 Å². The maximum Gasteiger partial charge on any atom is 0.174 e. The molecule has 3 atom stereocenters. The summed E-state index contributed by atoms with van der Waals surface area (Å²) >= 11 is 0. The van der Waals surface area contributed by atoms with Gasteiger partial charge in [0.15, 0.2) is 6.61 Å². The van der Waals surface area contributed by atoms with Crippen LogP contribution >= 0.6 is 0 Å². The third-order valence-corrected chi connectivity index (χ3v) is 3.86. The molecule has 3 unspecified atom stereocenters. The van der Waals surface area contributed by atoms with Crippen LogP contribution in [0.15, 0.2) is 24.3 Å². The zero-order chi connectivity index (χ0) is 13.7. The Kier molecular flexibility index (Phi) is 4.81. The van der Waals surface area contributed by atoms with Crippen LogP contribution in [0.25, 0.3) is 0 Å². The number of hydrogen-bond acceptors (Lipinski definition) is 3. The summed E-state index contributed by atoms with van der Waals surface area (Å²) in [5.74, 6) is 1.61. The van der Waals surface area contributed by atoms with E-state index in [0.29, 0.717) is 12.1 Å². The molecule has 0 aromatic heterocycles. The minimum atomic E-state index is 0.104. The summed E-state index contributed by atoms with van der Waals surface area (Å²) in [6, 6.07) is 11.0. The Bertz CT molecular complexity index is 435. The fourth-order valence-electron chi connectivity index (χ4n) is 2.78. The molecule has 0 saturated heterocycles. The van der Waals surface area contributed by atoms with Gasteiger partial charge in [0, 0.05) is 12.1 Å². The van der Waals surface area contributed by atoms with Crippen molar-refractivity contribution in [2.45, 2.75) is 45.2 Å². The Hall–Kier alpha value is -1.53. The Morgan fingerprint density at radius 1 is 1.37 bits per heavy atom. The molecule has 1 N–H and O–H groups in total. The van der Waals surface area contributed by atoms with Gasteiger partial charge >= 0.3 is 0 Å². The maximum atomic E-state index is 8.47. The molecule has 1 aliphatic carbocycles. The van der Waals surface area contributed by atoms with Crippen LogP contribution in [-0.2, 0) is 0 Å². The van der Waals surface area contributed by atoms with Crippen LogP contribution < -0.4 is 10.1 Å². The monoisotopic (exact) mass is 258 g/mol. The zero-order valence-corrected chi connectivity index (χ0v) is 11.7. The number of ether oxygens (including phenoxy) is 1. The largest absolute Gasteiger partial charge is 0.479 e. The molecule has 1 saturated carbocycles. The van der Waals surface area contributed by atoms with E-state index in [0.717, 1.165) is 11.7 Å². The molecule has 1 aliphatic rings. The van der Waals surface area contributed by atoms with Crippen molar-refractivity contribution in [2.24, 2.45) is 5.92 Å². The van der Waals surface area contributed by atoms with Gasteiger partial charge in [0.05, 0.1) is 0 Å². The minimum absolute atomic E-state index is 0.104. The van der Waals surface area contributed by atoms with E-state index in [2.05, 4.69) is 31.3 Å². The van der Waals surface area contributed by atoms with Gasteiger partial charge in [-0.2, -0.15) is 5.26 Å². The first-order valence-electron chi connectivity index (χ1n) is 7.05. The van der Waals surface area contributed by atoms with Crippen molar-refractivity contribution in [1.82, 2.24) is 5.32 Å². The van der Waals surface area contributed by atoms with Crippen molar-refractivity contribution >= 4 is 0 Å². The van der Waals surface area contributed by atoms with Crippen LogP contribution in [0.2, 0.25) is 0 Å². The van der Waals surface area contributed by atoms with E-state index in [9.17, 15) is 0 Å². The highest BCUT2D eigenvalue weighted by atomic mass is 16.5. The standard InChI is InChI=1S/C16H22N2O/c1-12-3-6-15(11-12)18-13(2)14-4-7-16(8-5-14)19-10-9-17/h4-5,7-8,12-13,15,18H,3,6,10-11H2,1-2H3. The third kappa shape index (κ3) is 3.97. The molecule has 0 bridgehead atoms. The molecule has 3 nitrogen and oxygen atoms in total. The average Bonchev–Trinajstić information content (AvgIpc) is 2.82. The molecule has 0 heterocycles. The number of nitrogens with zero attached hydrogens (tertiary/aromatic N) is 1. The van der Waals surface area contributed by atoms with E-state index in [1.807, 2.05) is 18.2 Å². The van der Waals surface area contributed by atoms with Crippen LogP contribution in [0.3, 0.4) is 0 Å². The highest BCUT2D eigenvalue weighted by Crippen LogP contribution is 2.27. The number of benzene rings is 1. The van der Waals surface area contributed by atoms with E-state index in [4.69, 9.17) is 10.00 Å². The lowest BCUT2D eigenvalue weighted by molar-refractivity contribution is 0.367. The molecule has 1 aromatic rings. The summed E-state index contributed by atoms with van der Waals surface area (Å²) in [4.78, 5) is 0. The van der Waals surface area contributed by atoms with Gasteiger partial charge in [-0.05, 0) is 49.8 Å². The van der Waals surface area contributed by atoms with Gasteiger partial charge in [-0.3, -0.25) is 0 Å². The maximum absolute atomic E-state index is 8.47. The van der Waals surface area contributed by atoms with E-state index >= 15 is 0 Å². The Morgan fingerprint density at radius 2 is 2.11 bits per heavy atom. The fourth-order valence-corrected chi connectivity index (χ4v) is 2.78. The lowest BCUT2D eigenvalue weighted by Gasteiger charge is -2.20. The minimum Gasteiger partial charge on any atom is -0.479 e. The summed E-state index contributed by atoms with van der Waals surface area (Å²) in [6.07, 6.45) is 3.91. The summed E-state index contributed by atoms with van der Waals surface area (Å²) in [6.45, 7) is 4.63. The van der Waals surface area contributed by atoms with Crippen LogP contribution in [0.1, 0.15) is 44.7 Å². The zero-order valence-electron chi connectivity index (χ0n) is 11.7. The molecule has 0 amide bonds. The Labute approximate surface area is 115 Å².